The number of aromatic nitrogens is 2. The van der Waals surface area contributed by atoms with Gasteiger partial charge in [-0.1, -0.05) is 41.1 Å². The maximum atomic E-state index is 5.64. The highest BCUT2D eigenvalue weighted by molar-refractivity contribution is 5.93. The number of hydrogen-bond donors (Lipinski definition) is 3. The van der Waals surface area contributed by atoms with E-state index >= 15 is 0 Å². The molecule has 0 aliphatic rings. The van der Waals surface area contributed by atoms with Crippen LogP contribution in [0.4, 0.5) is 5.69 Å². The summed E-state index contributed by atoms with van der Waals surface area (Å²) in [5.41, 5.74) is 19.5. The van der Waals surface area contributed by atoms with Crippen molar-refractivity contribution in [3.63, 3.8) is 0 Å². The van der Waals surface area contributed by atoms with Gasteiger partial charge in [-0.2, -0.15) is 9.98 Å². The Labute approximate surface area is 144 Å². The van der Waals surface area contributed by atoms with Gasteiger partial charge in [0.15, 0.2) is 5.96 Å². The number of benzene rings is 2. The molecular weight excluding hydrogens is 318 g/mol. The Hall–Kier alpha value is -3.68. The predicted octanol–water partition coefficient (Wildman–Crippen LogP) is 1.93. The van der Waals surface area contributed by atoms with Crippen LogP contribution < -0.4 is 17.2 Å². The Bertz CT molecular complexity index is 938. The van der Waals surface area contributed by atoms with Crippen molar-refractivity contribution >= 4 is 17.6 Å². The van der Waals surface area contributed by atoms with E-state index in [1.165, 1.54) is 0 Å². The number of aryl methyl sites for hydroxylation is 1. The molecule has 0 unspecified atom stereocenters. The Morgan fingerprint density at radius 1 is 1.00 bits per heavy atom. The number of hydrogen-bond acceptors (Lipinski definition) is 4. The van der Waals surface area contributed by atoms with E-state index in [1.807, 2.05) is 37.3 Å². The largest absolute Gasteiger partial charge is 0.370 e. The highest BCUT2D eigenvalue weighted by atomic mass is 16.5. The van der Waals surface area contributed by atoms with E-state index in [-0.39, 0.29) is 11.9 Å². The molecule has 126 valence electrons. The van der Waals surface area contributed by atoms with Gasteiger partial charge in [-0.25, -0.2) is 4.99 Å². The molecule has 8 heteroatoms. The van der Waals surface area contributed by atoms with E-state index in [4.69, 9.17) is 21.7 Å². The lowest BCUT2D eigenvalue weighted by molar-refractivity contribution is 0.432. The second-order valence-corrected chi connectivity index (χ2v) is 5.35. The quantitative estimate of drug-likeness (QED) is 0.493. The van der Waals surface area contributed by atoms with Crippen molar-refractivity contribution in [2.75, 3.05) is 0 Å². The van der Waals surface area contributed by atoms with Gasteiger partial charge >= 0.3 is 0 Å². The Morgan fingerprint density at radius 2 is 1.76 bits per heavy atom. The van der Waals surface area contributed by atoms with Crippen molar-refractivity contribution < 1.29 is 4.52 Å². The van der Waals surface area contributed by atoms with Gasteiger partial charge in [0, 0.05) is 11.1 Å². The van der Waals surface area contributed by atoms with Crippen molar-refractivity contribution in [2.24, 2.45) is 27.2 Å². The molecule has 0 spiro atoms. The number of rotatable bonds is 3. The van der Waals surface area contributed by atoms with E-state index in [9.17, 15) is 0 Å². The van der Waals surface area contributed by atoms with Gasteiger partial charge < -0.3 is 21.7 Å². The second-order valence-electron chi connectivity index (χ2n) is 5.35. The molecule has 25 heavy (non-hydrogen) atoms. The fraction of sp³-hybridized carbons (Fsp3) is 0.0588. The van der Waals surface area contributed by atoms with Crippen LogP contribution in [0.2, 0.25) is 0 Å². The highest BCUT2D eigenvalue weighted by Crippen LogP contribution is 2.25. The molecule has 0 saturated heterocycles. The normalized spacial score (nSPS) is 11.3. The van der Waals surface area contributed by atoms with E-state index in [0.29, 0.717) is 23.0 Å². The van der Waals surface area contributed by atoms with Gasteiger partial charge in [0.25, 0.3) is 5.89 Å². The van der Waals surface area contributed by atoms with Crippen LogP contribution in [-0.4, -0.2) is 22.1 Å². The Morgan fingerprint density at radius 3 is 2.48 bits per heavy atom. The summed E-state index contributed by atoms with van der Waals surface area (Å²) in [4.78, 5) is 12.2. The molecule has 0 bridgehead atoms. The number of aliphatic imine (C=N–C) groups is 2. The fourth-order valence-electron chi connectivity index (χ4n) is 2.16. The maximum Gasteiger partial charge on any atom is 0.258 e. The molecule has 1 aromatic heterocycles. The van der Waals surface area contributed by atoms with Crippen molar-refractivity contribution in [3.8, 4) is 22.8 Å². The molecule has 0 aliphatic carbocycles. The lowest BCUT2D eigenvalue weighted by atomic mass is 10.1. The molecule has 3 aromatic rings. The van der Waals surface area contributed by atoms with Gasteiger partial charge in [-0.3, -0.25) is 0 Å². The summed E-state index contributed by atoms with van der Waals surface area (Å²) >= 11 is 0. The van der Waals surface area contributed by atoms with Crippen molar-refractivity contribution in [1.29, 1.82) is 0 Å². The zero-order valence-corrected chi connectivity index (χ0v) is 13.5. The summed E-state index contributed by atoms with van der Waals surface area (Å²) in [6.07, 6.45) is 0. The van der Waals surface area contributed by atoms with Crippen molar-refractivity contribution in [2.45, 2.75) is 6.92 Å². The summed E-state index contributed by atoms with van der Waals surface area (Å²) in [7, 11) is 0. The third-order valence-corrected chi connectivity index (χ3v) is 3.32. The van der Waals surface area contributed by atoms with Crippen molar-refractivity contribution in [3.05, 3.63) is 54.1 Å². The minimum Gasteiger partial charge on any atom is -0.370 e. The summed E-state index contributed by atoms with van der Waals surface area (Å²) < 4.78 is 5.35. The molecule has 1 heterocycles. The summed E-state index contributed by atoms with van der Waals surface area (Å²) in [5, 5.41) is 4.02. The molecule has 0 atom stereocenters. The molecule has 6 N–H and O–H groups in total. The number of nitrogens with two attached hydrogens (primary N) is 3. The summed E-state index contributed by atoms with van der Waals surface area (Å²) in [6.45, 7) is 2.02. The minimum atomic E-state index is -0.156. The van der Waals surface area contributed by atoms with E-state index in [2.05, 4.69) is 20.1 Å². The Balaban J connectivity index is 1.89. The molecule has 0 radical (unpaired) electrons. The van der Waals surface area contributed by atoms with Crippen LogP contribution in [0.25, 0.3) is 22.8 Å². The van der Waals surface area contributed by atoms with Crippen LogP contribution in [0.5, 0.6) is 0 Å². The van der Waals surface area contributed by atoms with Gasteiger partial charge in [-0.05, 0) is 25.1 Å². The predicted molar refractivity (Wildman–Crippen MR) is 97.0 cm³/mol. The van der Waals surface area contributed by atoms with Crippen LogP contribution >= 0.6 is 0 Å². The topological polar surface area (TPSA) is 142 Å². The Kier molecular flexibility index (Phi) is 4.42. The number of guanidine groups is 2. The average Bonchev–Trinajstić information content (AvgIpc) is 3.05. The average molecular weight is 335 g/mol. The van der Waals surface area contributed by atoms with E-state index in [0.717, 1.165) is 11.1 Å². The van der Waals surface area contributed by atoms with Crippen LogP contribution in [0, 0.1) is 6.92 Å². The van der Waals surface area contributed by atoms with Gasteiger partial charge in [0.1, 0.15) is 0 Å². The monoisotopic (exact) mass is 335 g/mol. The lowest BCUT2D eigenvalue weighted by Crippen LogP contribution is -2.26. The van der Waals surface area contributed by atoms with E-state index in [1.54, 1.807) is 18.2 Å². The molecule has 8 nitrogen and oxygen atoms in total. The van der Waals surface area contributed by atoms with Gasteiger partial charge in [-0.15, -0.1) is 0 Å². The van der Waals surface area contributed by atoms with Crippen LogP contribution in [0.1, 0.15) is 5.56 Å². The molecule has 0 amide bonds. The third kappa shape index (κ3) is 3.99. The zero-order chi connectivity index (χ0) is 17.8. The molecule has 0 fully saturated rings. The summed E-state index contributed by atoms with van der Waals surface area (Å²) in [5.74, 6) is 0.706. The second kappa shape index (κ2) is 6.83. The van der Waals surface area contributed by atoms with Crippen LogP contribution in [0.3, 0.4) is 0 Å². The smallest absolute Gasteiger partial charge is 0.258 e. The van der Waals surface area contributed by atoms with Gasteiger partial charge in [0.2, 0.25) is 11.8 Å². The van der Waals surface area contributed by atoms with Gasteiger partial charge in [0.05, 0.1) is 5.69 Å². The maximum absolute atomic E-state index is 5.64. The third-order valence-electron chi connectivity index (χ3n) is 3.32. The molecule has 0 saturated carbocycles. The lowest BCUT2D eigenvalue weighted by Gasteiger charge is -1.98. The molecular formula is C17H17N7O. The van der Waals surface area contributed by atoms with Crippen LogP contribution in [0.15, 0.2) is 63.0 Å². The zero-order valence-electron chi connectivity index (χ0n) is 13.5. The first kappa shape index (κ1) is 16.2. The number of nitrogens with zero attached hydrogens (tertiary/aromatic N) is 4. The standard InChI is InChI=1S/C17H17N7O/c1-10-5-7-11(8-6-10)14-22-15(25-24-14)12-3-2-4-13(9-12)21-17(20)23-16(18)19/h2-9H,1H3,(H6,18,19,20,21,23). The SMILES string of the molecule is Cc1ccc(-c2noc(-c3cccc(N=C(N)N=C(N)N)c3)n2)cc1. The minimum absolute atomic E-state index is 0.0389. The van der Waals surface area contributed by atoms with Crippen molar-refractivity contribution in [1.82, 2.24) is 10.1 Å². The first-order valence-electron chi connectivity index (χ1n) is 7.46. The molecule has 2 aromatic carbocycles. The molecule has 0 aliphatic heterocycles. The van der Waals surface area contributed by atoms with E-state index < -0.39 is 0 Å². The fourth-order valence-corrected chi connectivity index (χ4v) is 2.16. The summed E-state index contributed by atoms with van der Waals surface area (Å²) in [6, 6.07) is 15.0. The van der Waals surface area contributed by atoms with Crippen LogP contribution in [-0.2, 0) is 0 Å². The first-order valence-corrected chi connectivity index (χ1v) is 7.46. The molecule has 3 rings (SSSR count). The first-order chi connectivity index (χ1) is 12.0. The highest BCUT2D eigenvalue weighted by Gasteiger charge is 2.11.